The lowest BCUT2D eigenvalue weighted by Gasteiger charge is -2.47. The van der Waals surface area contributed by atoms with Gasteiger partial charge in [0.1, 0.15) is 5.52 Å². The van der Waals surface area contributed by atoms with Crippen LogP contribution in [0.2, 0.25) is 0 Å². The van der Waals surface area contributed by atoms with Crippen molar-refractivity contribution in [2.24, 2.45) is 0 Å². The Bertz CT molecular complexity index is 971. The number of aromatic nitrogens is 1. The summed E-state index contributed by atoms with van der Waals surface area (Å²) in [4.78, 5) is 33.9. The number of hydrogen-bond acceptors (Lipinski definition) is 5. The number of oxazole rings is 1. The van der Waals surface area contributed by atoms with E-state index in [1.807, 2.05) is 23.1 Å². The van der Waals surface area contributed by atoms with Crippen LogP contribution in [0.1, 0.15) is 74.0 Å². The largest absolute Gasteiger partial charge is 0.440 e. The van der Waals surface area contributed by atoms with Gasteiger partial charge in [0.2, 0.25) is 5.91 Å². The zero-order valence-electron chi connectivity index (χ0n) is 18.9. The number of hydrogen-bond donors (Lipinski definition) is 1. The number of benzene rings is 1. The number of para-hydroxylation sites is 1. The zero-order valence-corrected chi connectivity index (χ0v) is 19.7. The van der Waals surface area contributed by atoms with Crippen LogP contribution in [-0.4, -0.2) is 64.9 Å². The van der Waals surface area contributed by atoms with E-state index in [4.69, 9.17) is 9.40 Å². The standard InChI is InChI=1S/C24H32N4O3.ClH/c1-15(29)28-11-9-16(10-12-28)24-26-22-20(7-4-8-21(22)31-24)23(30)25-17-13-18-5-3-6-19(14-17)27(18)2;/h4,7-8,16-19H,3,5-6,9-14H2,1-2H3,(H,25,30);1H. The first-order valence-electron chi connectivity index (χ1n) is 11.7. The maximum Gasteiger partial charge on any atom is 0.253 e. The number of rotatable bonds is 3. The molecule has 3 aliphatic rings. The Morgan fingerprint density at radius 3 is 2.44 bits per heavy atom. The zero-order chi connectivity index (χ0) is 21.5. The van der Waals surface area contributed by atoms with Crippen molar-refractivity contribution in [1.82, 2.24) is 20.1 Å². The molecule has 8 heteroatoms. The van der Waals surface area contributed by atoms with Crippen LogP contribution < -0.4 is 5.32 Å². The number of likely N-dealkylation sites (tertiary alicyclic amines) is 1. The minimum Gasteiger partial charge on any atom is -0.440 e. The molecule has 1 aromatic heterocycles. The summed E-state index contributed by atoms with van der Waals surface area (Å²) in [5.41, 5.74) is 1.91. The molecule has 2 bridgehead atoms. The summed E-state index contributed by atoms with van der Waals surface area (Å²) in [5, 5.41) is 3.29. The predicted octanol–water partition coefficient (Wildman–Crippen LogP) is 3.72. The van der Waals surface area contributed by atoms with E-state index in [1.165, 1.54) is 19.3 Å². The van der Waals surface area contributed by atoms with Crippen molar-refractivity contribution in [2.45, 2.75) is 75.9 Å². The van der Waals surface area contributed by atoms with Gasteiger partial charge in [0.05, 0.1) is 5.56 Å². The molecule has 5 rings (SSSR count). The second-order valence-corrected chi connectivity index (χ2v) is 9.53. The molecule has 1 aromatic carbocycles. The van der Waals surface area contributed by atoms with Crippen molar-refractivity contribution in [3.05, 3.63) is 29.7 Å². The van der Waals surface area contributed by atoms with Crippen molar-refractivity contribution in [2.75, 3.05) is 20.1 Å². The second-order valence-electron chi connectivity index (χ2n) is 9.53. The Morgan fingerprint density at radius 1 is 1.09 bits per heavy atom. The summed E-state index contributed by atoms with van der Waals surface area (Å²) in [5.74, 6) is 0.942. The number of nitrogens with one attached hydrogen (secondary N) is 1. The van der Waals surface area contributed by atoms with Gasteiger partial charge < -0.3 is 19.5 Å². The second kappa shape index (κ2) is 9.40. The SMILES string of the molecule is CC(=O)N1CCC(c2nc3c(C(=O)NC4CC5CCCC(C4)N5C)cccc3o2)CC1.Cl. The summed E-state index contributed by atoms with van der Waals surface area (Å²) < 4.78 is 6.06. The van der Waals surface area contributed by atoms with Gasteiger partial charge in [-0.25, -0.2) is 4.98 Å². The molecule has 0 spiro atoms. The Balaban J connectivity index is 0.00000245. The van der Waals surface area contributed by atoms with Crippen molar-refractivity contribution < 1.29 is 14.0 Å². The van der Waals surface area contributed by atoms with E-state index in [1.54, 1.807) is 6.92 Å². The van der Waals surface area contributed by atoms with Gasteiger partial charge in [-0.05, 0) is 57.7 Å². The summed E-state index contributed by atoms with van der Waals surface area (Å²) in [7, 11) is 2.23. The van der Waals surface area contributed by atoms with Crippen LogP contribution in [0, 0.1) is 0 Å². The van der Waals surface area contributed by atoms with E-state index in [2.05, 4.69) is 17.3 Å². The van der Waals surface area contributed by atoms with Crippen molar-refractivity contribution in [3.63, 3.8) is 0 Å². The lowest BCUT2D eigenvalue weighted by molar-refractivity contribution is -0.129. The summed E-state index contributed by atoms with van der Waals surface area (Å²) >= 11 is 0. The highest BCUT2D eigenvalue weighted by molar-refractivity contribution is 6.04. The van der Waals surface area contributed by atoms with Crippen LogP contribution in [0.25, 0.3) is 11.1 Å². The number of nitrogens with zero attached hydrogens (tertiary/aromatic N) is 3. The average Bonchev–Trinajstić information content (AvgIpc) is 3.19. The number of carbonyl (C=O) groups excluding carboxylic acids is 2. The molecule has 3 fully saturated rings. The van der Waals surface area contributed by atoms with E-state index >= 15 is 0 Å². The molecule has 7 nitrogen and oxygen atoms in total. The Hall–Kier alpha value is -2.12. The lowest BCUT2D eigenvalue weighted by Crippen LogP contribution is -2.55. The van der Waals surface area contributed by atoms with Crippen LogP contribution >= 0.6 is 12.4 Å². The van der Waals surface area contributed by atoms with E-state index in [0.717, 1.165) is 38.8 Å². The number of carbonyl (C=O) groups is 2. The Morgan fingerprint density at radius 2 is 1.78 bits per heavy atom. The van der Waals surface area contributed by atoms with Gasteiger partial charge >= 0.3 is 0 Å². The van der Waals surface area contributed by atoms with Gasteiger partial charge in [0.25, 0.3) is 5.91 Å². The van der Waals surface area contributed by atoms with Crippen LogP contribution in [0.15, 0.2) is 22.6 Å². The Kier molecular flexibility index (Phi) is 6.77. The van der Waals surface area contributed by atoms with E-state index in [9.17, 15) is 9.59 Å². The fraction of sp³-hybridized carbons (Fsp3) is 0.625. The van der Waals surface area contributed by atoms with Gasteiger partial charge in [-0.15, -0.1) is 12.4 Å². The number of halogens is 1. The lowest BCUT2D eigenvalue weighted by atomic mass is 9.82. The molecule has 1 N–H and O–H groups in total. The number of fused-ring (bicyclic) bond motifs is 3. The predicted molar refractivity (Wildman–Crippen MR) is 125 cm³/mol. The molecule has 2 atom stereocenters. The molecule has 0 radical (unpaired) electrons. The number of amides is 2. The monoisotopic (exact) mass is 460 g/mol. The normalized spacial score (nSPS) is 26.6. The molecule has 174 valence electrons. The molecular formula is C24H33ClN4O3. The average molecular weight is 461 g/mol. The first kappa shape index (κ1) is 23.1. The van der Waals surface area contributed by atoms with E-state index in [-0.39, 0.29) is 36.2 Å². The van der Waals surface area contributed by atoms with Gasteiger partial charge in [-0.1, -0.05) is 12.5 Å². The molecule has 2 aromatic rings. The first-order chi connectivity index (χ1) is 15.0. The van der Waals surface area contributed by atoms with Crippen LogP contribution in [0.4, 0.5) is 0 Å². The molecule has 2 amide bonds. The maximum atomic E-state index is 13.2. The van der Waals surface area contributed by atoms with Crippen molar-refractivity contribution in [1.29, 1.82) is 0 Å². The molecule has 3 saturated heterocycles. The highest BCUT2D eigenvalue weighted by Crippen LogP contribution is 2.34. The van der Waals surface area contributed by atoms with Gasteiger partial charge in [0, 0.05) is 44.1 Å². The smallest absolute Gasteiger partial charge is 0.253 e. The minimum absolute atomic E-state index is 0. The van der Waals surface area contributed by atoms with Gasteiger partial charge in [-0.2, -0.15) is 0 Å². The highest BCUT2D eigenvalue weighted by Gasteiger charge is 2.36. The molecule has 0 saturated carbocycles. The van der Waals surface area contributed by atoms with E-state index < -0.39 is 0 Å². The minimum atomic E-state index is -0.0514. The molecule has 0 aliphatic carbocycles. The van der Waals surface area contributed by atoms with Crippen LogP contribution in [0.3, 0.4) is 0 Å². The Labute approximate surface area is 195 Å². The summed E-state index contributed by atoms with van der Waals surface area (Å²) in [6.07, 6.45) is 7.47. The number of piperidine rings is 3. The van der Waals surface area contributed by atoms with Crippen molar-refractivity contribution >= 4 is 35.3 Å². The van der Waals surface area contributed by atoms with Gasteiger partial charge in [0.15, 0.2) is 11.5 Å². The first-order valence-corrected chi connectivity index (χ1v) is 11.7. The molecule has 4 heterocycles. The van der Waals surface area contributed by atoms with Gasteiger partial charge in [-0.3, -0.25) is 9.59 Å². The van der Waals surface area contributed by atoms with E-state index in [0.29, 0.717) is 34.6 Å². The quantitative estimate of drug-likeness (QED) is 0.755. The fourth-order valence-electron chi connectivity index (χ4n) is 5.76. The highest BCUT2D eigenvalue weighted by atomic mass is 35.5. The van der Waals surface area contributed by atoms with Crippen molar-refractivity contribution in [3.8, 4) is 0 Å². The van der Waals surface area contributed by atoms with Crippen LogP contribution in [-0.2, 0) is 4.79 Å². The summed E-state index contributed by atoms with van der Waals surface area (Å²) in [6.45, 7) is 3.07. The molecule has 3 aliphatic heterocycles. The third-order valence-corrected chi connectivity index (χ3v) is 7.64. The van der Waals surface area contributed by atoms with Crippen LogP contribution in [0.5, 0.6) is 0 Å². The molecular weight excluding hydrogens is 428 g/mol. The fourth-order valence-corrected chi connectivity index (χ4v) is 5.76. The molecule has 2 unspecified atom stereocenters. The summed E-state index contributed by atoms with van der Waals surface area (Å²) in [6, 6.07) is 6.97. The third kappa shape index (κ3) is 4.37. The molecule has 32 heavy (non-hydrogen) atoms. The maximum absolute atomic E-state index is 13.2. The topological polar surface area (TPSA) is 78.7 Å². The third-order valence-electron chi connectivity index (χ3n) is 7.64.